The van der Waals surface area contributed by atoms with E-state index >= 15 is 0 Å². The number of carbonyl (C=O) groups is 11. The van der Waals surface area contributed by atoms with E-state index in [-0.39, 0.29) is 56.2 Å². The number of aliphatic hydroxyl groups excluding tert-OH is 1. The van der Waals surface area contributed by atoms with Crippen molar-refractivity contribution >= 4 is 65.2 Å². The third-order valence-electron chi connectivity index (χ3n) is 10.4. The highest BCUT2D eigenvalue weighted by Crippen LogP contribution is 2.21. The number of aromatic hydroxyl groups is 1. The molecule has 1 fully saturated rings. The van der Waals surface area contributed by atoms with Gasteiger partial charge in [-0.3, -0.25) is 47.9 Å². The molecule has 8 atom stereocenters. The van der Waals surface area contributed by atoms with E-state index in [1.807, 2.05) is 5.32 Å². The number of hydrogen-bond acceptors (Lipinski definition) is 14. The van der Waals surface area contributed by atoms with E-state index < -0.39 is 146 Å². The maximum absolute atomic E-state index is 14.4. The second kappa shape index (κ2) is 26.9. The quantitative estimate of drug-likeness (QED) is 0.0388. The minimum Gasteiger partial charge on any atom is -0.508 e. The molecule has 0 aliphatic carbocycles. The summed E-state index contributed by atoms with van der Waals surface area (Å²) < 4.78 is 0. The predicted octanol–water partition coefficient (Wildman–Crippen LogP) is -3.45. The van der Waals surface area contributed by atoms with Crippen LogP contribution in [0.3, 0.4) is 0 Å². The molecule has 1 heterocycles. The van der Waals surface area contributed by atoms with E-state index in [0.29, 0.717) is 5.56 Å². The molecule has 0 unspecified atom stereocenters. The number of phenolic OH excluding ortho intramolecular Hbond substituents is 1. The lowest BCUT2D eigenvalue weighted by Gasteiger charge is -2.31. The van der Waals surface area contributed by atoms with E-state index in [4.69, 9.17) is 16.6 Å². The number of aliphatic carboxylic acids is 3. The van der Waals surface area contributed by atoms with Gasteiger partial charge in [0.25, 0.3) is 0 Å². The largest absolute Gasteiger partial charge is 0.508 e. The van der Waals surface area contributed by atoms with Crippen LogP contribution < -0.4 is 43.4 Å². The van der Waals surface area contributed by atoms with Crippen LogP contribution in [0.4, 0.5) is 0 Å². The van der Waals surface area contributed by atoms with E-state index in [1.54, 1.807) is 27.7 Å². The third-order valence-corrected chi connectivity index (χ3v) is 10.4. The maximum Gasteiger partial charge on any atom is 0.326 e. The minimum absolute atomic E-state index is 0.0220. The Kier molecular flexibility index (Phi) is 22.6. The molecular formula is C42H63N9O16. The molecule has 25 heteroatoms. The minimum atomic E-state index is -1.85. The molecular weight excluding hydrogens is 887 g/mol. The fraction of sp³-hybridized carbons (Fsp3) is 0.595. The van der Waals surface area contributed by atoms with Crippen LogP contribution in [-0.4, -0.2) is 157 Å². The summed E-state index contributed by atoms with van der Waals surface area (Å²) >= 11 is 0. The molecule has 25 nitrogen and oxygen atoms in total. The van der Waals surface area contributed by atoms with Gasteiger partial charge in [-0.1, -0.05) is 39.8 Å². The van der Waals surface area contributed by atoms with Gasteiger partial charge < -0.3 is 73.8 Å². The number of nitrogens with two attached hydrogens (primary N) is 2. The number of nitrogens with one attached hydrogen (secondary N) is 6. The molecule has 15 N–H and O–H groups in total. The fourth-order valence-electron chi connectivity index (χ4n) is 7.03. The number of rotatable bonds is 28. The van der Waals surface area contributed by atoms with Crippen molar-refractivity contribution in [1.82, 2.24) is 36.8 Å². The van der Waals surface area contributed by atoms with Crippen molar-refractivity contribution in [3.05, 3.63) is 29.8 Å². The zero-order chi connectivity index (χ0) is 50.7. The monoisotopic (exact) mass is 949 g/mol. The van der Waals surface area contributed by atoms with E-state index in [0.717, 1.165) is 4.90 Å². The molecule has 372 valence electrons. The highest BCUT2D eigenvalue weighted by atomic mass is 16.4. The van der Waals surface area contributed by atoms with Crippen LogP contribution in [0.25, 0.3) is 0 Å². The summed E-state index contributed by atoms with van der Waals surface area (Å²) in [5, 5.41) is 61.9. The van der Waals surface area contributed by atoms with Crippen molar-refractivity contribution in [1.29, 1.82) is 0 Å². The van der Waals surface area contributed by atoms with Crippen molar-refractivity contribution in [2.24, 2.45) is 23.3 Å². The topological polar surface area (TPSA) is 416 Å². The Bertz CT molecular complexity index is 1960. The molecule has 0 bridgehead atoms. The van der Waals surface area contributed by atoms with Gasteiger partial charge in [0.05, 0.1) is 25.5 Å². The Balaban J connectivity index is 2.37. The lowest BCUT2D eigenvalue weighted by Crippen LogP contribution is -2.60. The number of phenols is 1. The molecule has 1 aromatic rings. The van der Waals surface area contributed by atoms with Gasteiger partial charge in [0.15, 0.2) is 0 Å². The lowest BCUT2D eigenvalue weighted by atomic mass is 10.00. The van der Waals surface area contributed by atoms with Crippen LogP contribution in [0, 0.1) is 11.8 Å². The standard InChI is InChI=1S/C42H63N9O16/c1-20(2)14-26(46-35(59)24(43)17-32(44)54)36(60)49-29(16-22-7-9-23(53)10-8-22)41(65)51-13-5-6-31(51)40(64)48-28(18-34(57)58)38(62)47-27(15-21(3)4)37(61)50-30(19-52)39(63)45-25(42(66)67)11-12-33(55)56/h7-10,20-21,24-31,52-53H,5-6,11-19,43H2,1-4H3,(H2,44,54)(H,45,63)(H,46,59)(H,47,62)(H,48,64)(H,49,60)(H,50,61)(H,55,56)(H,57,58)(H,66,67)/t24-,25-,26-,27-,28-,29-,30-,31-/m0/s1. The van der Waals surface area contributed by atoms with Gasteiger partial charge in [-0.2, -0.15) is 0 Å². The summed E-state index contributed by atoms with van der Waals surface area (Å²) in [7, 11) is 0. The van der Waals surface area contributed by atoms with Crippen molar-refractivity contribution in [2.75, 3.05) is 13.2 Å². The fourth-order valence-corrected chi connectivity index (χ4v) is 7.03. The van der Waals surface area contributed by atoms with Crippen LogP contribution in [0.5, 0.6) is 5.75 Å². The number of primary amides is 1. The molecule has 2 rings (SSSR count). The van der Waals surface area contributed by atoms with Gasteiger partial charge in [0.1, 0.15) is 48.0 Å². The number of carbonyl (C=O) groups excluding carboxylic acids is 8. The molecule has 67 heavy (non-hydrogen) atoms. The number of likely N-dealkylation sites (tertiary alicyclic amines) is 1. The van der Waals surface area contributed by atoms with Gasteiger partial charge in [0.2, 0.25) is 47.3 Å². The Labute approximate surface area is 385 Å². The van der Waals surface area contributed by atoms with Crippen molar-refractivity contribution < 1.29 is 78.3 Å². The smallest absolute Gasteiger partial charge is 0.326 e. The molecule has 0 aromatic heterocycles. The Morgan fingerprint density at radius 3 is 1.64 bits per heavy atom. The number of carboxylic acids is 3. The molecule has 0 radical (unpaired) electrons. The lowest BCUT2D eigenvalue weighted by molar-refractivity contribution is -0.144. The average Bonchev–Trinajstić information content (AvgIpc) is 3.73. The second-order valence-electron chi connectivity index (χ2n) is 17.0. The number of hydrogen-bond donors (Lipinski definition) is 13. The summed E-state index contributed by atoms with van der Waals surface area (Å²) in [4.78, 5) is 142. The van der Waals surface area contributed by atoms with Crippen LogP contribution in [0.2, 0.25) is 0 Å². The zero-order valence-electron chi connectivity index (χ0n) is 37.7. The third kappa shape index (κ3) is 19.2. The molecule has 1 aliphatic heterocycles. The van der Waals surface area contributed by atoms with Gasteiger partial charge in [-0.05, 0) is 61.6 Å². The highest BCUT2D eigenvalue weighted by Gasteiger charge is 2.41. The predicted molar refractivity (Wildman–Crippen MR) is 233 cm³/mol. The summed E-state index contributed by atoms with van der Waals surface area (Å²) in [6, 6.07) is -6.47. The second-order valence-corrected chi connectivity index (χ2v) is 17.0. The first-order valence-corrected chi connectivity index (χ1v) is 21.5. The number of amides is 8. The molecule has 1 saturated heterocycles. The van der Waals surface area contributed by atoms with Crippen LogP contribution >= 0.6 is 0 Å². The summed E-state index contributed by atoms with van der Waals surface area (Å²) in [6.07, 6.45) is -2.59. The molecule has 0 spiro atoms. The first-order valence-electron chi connectivity index (χ1n) is 21.5. The van der Waals surface area contributed by atoms with E-state index in [9.17, 15) is 73.2 Å². The number of carboxylic acid groups (broad SMARTS) is 3. The average molecular weight is 950 g/mol. The molecule has 8 amide bonds. The summed E-state index contributed by atoms with van der Waals surface area (Å²) in [5.41, 5.74) is 11.4. The first-order chi connectivity index (χ1) is 31.3. The van der Waals surface area contributed by atoms with Crippen molar-refractivity contribution in [3.8, 4) is 5.75 Å². The van der Waals surface area contributed by atoms with Gasteiger partial charge in [-0.15, -0.1) is 0 Å². The number of aliphatic hydroxyl groups is 1. The molecule has 0 saturated carbocycles. The Hall–Kier alpha value is -6.89. The first kappa shape index (κ1) is 56.2. The molecule has 1 aliphatic rings. The SMILES string of the molecule is CC(C)C[C@H](NC(=O)[C@H](CC(=O)O)NC(=O)[C@@H]1CCCN1C(=O)[C@H](Cc1ccc(O)cc1)NC(=O)[C@H](CC(C)C)NC(=O)[C@@H](N)CC(N)=O)C(=O)N[C@@H](CO)C(=O)N[C@@H](CCC(=O)O)C(=O)O. The van der Waals surface area contributed by atoms with Crippen molar-refractivity contribution in [2.45, 2.75) is 134 Å². The van der Waals surface area contributed by atoms with Crippen LogP contribution in [0.15, 0.2) is 24.3 Å². The van der Waals surface area contributed by atoms with E-state index in [2.05, 4.69) is 26.6 Å². The van der Waals surface area contributed by atoms with E-state index in [1.165, 1.54) is 24.3 Å². The van der Waals surface area contributed by atoms with Crippen molar-refractivity contribution in [3.63, 3.8) is 0 Å². The Morgan fingerprint density at radius 2 is 1.15 bits per heavy atom. The van der Waals surface area contributed by atoms with Gasteiger partial charge >= 0.3 is 17.9 Å². The van der Waals surface area contributed by atoms with Gasteiger partial charge in [0, 0.05) is 19.4 Å². The Morgan fingerprint density at radius 1 is 0.657 bits per heavy atom. The molecule has 1 aromatic carbocycles. The summed E-state index contributed by atoms with van der Waals surface area (Å²) in [6.45, 7) is 5.77. The van der Waals surface area contributed by atoms with Crippen LogP contribution in [-0.2, 0) is 59.2 Å². The summed E-state index contributed by atoms with van der Waals surface area (Å²) in [5.74, 6) is -12.7. The highest BCUT2D eigenvalue weighted by molar-refractivity contribution is 5.99. The zero-order valence-corrected chi connectivity index (χ0v) is 37.7. The normalized spacial score (nSPS) is 16.5. The maximum atomic E-state index is 14.4. The number of nitrogens with zero attached hydrogens (tertiary/aromatic N) is 1. The van der Waals surface area contributed by atoms with Gasteiger partial charge in [-0.25, -0.2) is 4.79 Å². The van der Waals surface area contributed by atoms with Crippen LogP contribution in [0.1, 0.15) is 84.6 Å². The number of benzene rings is 1.